The van der Waals surface area contributed by atoms with Crippen LogP contribution in [0.2, 0.25) is 5.28 Å². The lowest BCUT2D eigenvalue weighted by Gasteiger charge is -2.26. The number of rotatable bonds is 4. The van der Waals surface area contributed by atoms with Gasteiger partial charge in [0.2, 0.25) is 11.2 Å². The molecule has 0 bridgehead atoms. The first kappa shape index (κ1) is 14.3. The molecule has 1 aliphatic heterocycles. The number of halogens is 1. The topological polar surface area (TPSA) is 68.2 Å². The Kier molecular flexibility index (Phi) is 5.21. The van der Waals surface area contributed by atoms with Crippen molar-refractivity contribution >= 4 is 29.3 Å². The van der Waals surface area contributed by atoms with Gasteiger partial charge in [-0.3, -0.25) is 4.79 Å². The van der Waals surface area contributed by atoms with E-state index in [2.05, 4.69) is 15.0 Å². The van der Waals surface area contributed by atoms with Crippen molar-refractivity contribution in [2.45, 2.75) is 24.4 Å². The zero-order chi connectivity index (χ0) is 13.7. The molecule has 1 amide bonds. The Morgan fingerprint density at radius 2 is 2.05 bits per heavy atom. The minimum atomic E-state index is 0.0692. The maximum atomic E-state index is 12.0. The van der Waals surface area contributed by atoms with Crippen LogP contribution in [-0.4, -0.2) is 51.7 Å². The van der Waals surface area contributed by atoms with E-state index in [-0.39, 0.29) is 17.2 Å². The third kappa shape index (κ3) is 4.21. The molecule has 0 aromatic carbocycles. The van der Waals surface area contributed by atoms with Crippen LogP contribution in [0, 0.1) is 0 Å². The molecule has 0 saturated carbocycles. The van der Waals surface area contributed by atoms with Crippen molar-refractivity contribution in [3.8, 4) is 6.01 Å². The van der Waals surface area contributed by atoms with Crippen LogP contribution in [0.25, 0.3) is 0 Å². The summed E-state index contributed by atoms with van der Waals surface area (Å²) in [7, 11) is 1.46. The van der Waals surface area contributed by atoms with Gasteiger partial charge in [0.05, 0.1) is 12.9 Å². The smallest absolute Gasteiger partial charge is 0.321 e. The number of methoxy groups -OCH3 is 1. The second-order valence-corrected chi connectivity index (χ2v) is 5.38. The van der Waals surface area contributed by atoms with Gasteiger partial charge in [0.15, 0.2) is 5.16 Å². The molecular weight excluding hydrogens is 288 g/mol. The second-order valence-electron chi connectivity index (χ2n) is 4.10. The van der Waals surface area contributed by atoms with Crippen molar-refractivity contribution in [1.82, 2.24) is 19.9 Å². The summed E-state index contributed by atoms with van der Waals surface area (Å²) in [5.74, 6) is 0.420. The van der Waals surface area contributed by atoms with Gasteiger partial charge in [0.25, 0.3) is 0 Å². The van der Waals surface area contributed by atoms with Gasteiger partial charge >= 0.3 is 6.01 Å². The zero-order valence-corrected chi connectivity index (χ0v) is 12.2. The average Bonchev–Trinajstić information content (AvgIpc) is 2.45. The van der Waals surface area contributed by atoms with Crippen LogP contribution in [0.1, 0.15) is 19.3 Å². The molecule has 0 N–H and O–H groups in total. The van der Waals surface area contributed by atoms with E-state index in [4.69, 9.17) is 16.3 Å². The third-order valence-electron chi connectivity index (χ3n) is 2.78. The maximum absolute atomic E-state index is 12.0. The first-order valence-corrected chi connectivity index (χ1v) is 7.41. The van der Waals surface area contributed by atoms with E-state index in [1.54, 1.807) is 0 Å². The summed E-state index contributed by atoms with van der Waals surface area (Å²) in [6, 6.07) is 0.160. The predicted molar refractivity (Wildman–Crippen MR) is 72.5 cm³/mol. The van der Waals surface area contributed by atoms with Gasteiger partial charge < -0.3 is 9.64 Å². The minimum Gasteiger partial charge on any atom is -0.467 e. The standard InChI is InChI=1S/C11H15ClN4O2S/c1-18-10-13-9(12)14-11(15-10)19-7-8(17)16-5-3-2-4-6-16/h2-7H2,1H3. The van der Waals surface area contributed by atoms with Crippen LogP contribution >= 0.6 is 23.4 Å². The normalized spacial score (nSPS) is 15.4. The number of nitrogens with zero attached hydrogens (tertiary/aromatic N) is 4. The number of likely N-dealkylation sites (tertiary alicyclic amines) is 1. The van der Waals surface area contributed by atoms with E-state index in [9.17, 15) is 4.79 Å². The van der Waals surface area contributed by atoms with Gasteiger partial charge in [-0.2, -0.15) is 15.0 Å². The number of hydrogen-bond donors (Lipinski definition) is 0. The van der Waals surface area contributed by atoms with E-state index in [1.165, 1.54) is 25.3 Å². The highest BCUT2D eigenvalue weighted by Gasteiger charge is 2.17. The molecule has 104 valence electrons. The third-order valence-corrected chi connectivity index (χ3v) is 3.78. The molecule has 1 aromatic heterocycles. The van der Waals surface area contributed by atoms with Crippen molar-refractivity contribution in [2.75, 3.05) is 26.0 Å². The van der Waals surface area contributed by atoms with E-state index in [1.807, 2.05) is 4.90 Å². The predicted octanol–water partition coefficient (Wildman–Crippen LogP) is 1.64. The Morgan fingerprint density at radius 1 is 1.32 bits per heavy atom. The number of carbonyl (C=O) groups excluding carboxylic acids is 1. The largest absolute Gasteiger partial charge is 0.467 e. The van der Waals surface area contributed by atoms with Gasteiger partial charge in [0, 0.05) is 13.1 Å². The molecule has 2 heterocycles. The lowest BCUT2D eigenvalue weighted by atomic mass is 10.1. The van der Waals surface area contributed by atoms with E-state index < -0.39 is 0 Å². The van der Waals surface area contributed by atoms with Crippen LogP contribution in [0.4, 0.5) is 0 Å². The molecule has 0 spiro atoms. The molecule has 6 nitrogen and oxygen atoms in total. The summed E-state index contributed by atoms with van der Waals surface area (Å²) in [6.07, 6.45) is 3.38. The van der Waals surface area contributed by atoms with Gasteiger partial charge in [-0.1, -0.05) is 11.8 Å². The number of thioether (sulfide) groups is 1. The summed E-state index contributed by atoms with van der Waals surface area (Å²) < 4.78 is 4.90. The summed E-state index contributed by atoms with van der Waals surface area (Å²) in [4.78, 5) is 25.6. The molecule has 1 fully saturated rings. The number of carbonyl (C=O) groups is 1. The molecule has 1 saturated heterocycles. The average molecular weight is 303 g/mol. The number of amides is 1. The van der Waals surface area contributed by atoms with Gasteiger partial charge in [-0.25, -0.2) is 0 Å². The number of aromatic nitrogens is 3. The summed E-state index contributed by atoms with van der Waals surface area (Å²) in [5, 5.41) is 0.474. The van der Waals surface area contributed by atoms with Crippen LogP contribution < -0.4 is 4.74 Å². The first-order valence-electron chi connectivity index (χ1n) is 6.05. The summed E-state index contributed by atoms with van der Waals surface area (Å²) in [6.45, 7) is 1.70. The Bertz CT molecular complexity index is 454. The highest BCUT2D eigenvalue weighted by molar-refractivity contribution is 7.99. The fourth-order valence-corrected chi connectivity index (χ4v) is 2.76. The highest BCUT2D eigenvalue weighted by atomic mass is 35.5. The lowest BCUT2D eigenvalue weighted by molar-refractivity contribution is -0.129. The van der Waals surface area contributed by atoms with Crippen LogP contribution in [-0.2, 0) is 4.79 Å². The van der Waals surface area contributed by atoms with Crippen molar-refractivity contribution in [2.24, 2.45) is 0 Å². The van der Waals surface area contributed by atoms with Crippen LogP contribution in [0.5, 0.6) is 6.01 Å². The molecule has 1 aliphatic rings. The highest BCUT2D eigenvalue weighted by Crippen LogP contribution is 2.19. The molecule has 19 heavy (non-hydrogen) atoms. The molecule has 0 atom stereocenters. The monoisotopic (exact) mass is 302 g/mol. The van der Waals surface area contributed by atoms with Gasteiger partial charge in [-0.15, -0.1) is 0 Å². The molecule has 0 unspecified atom stereocenters. The summed E-state index contributed by atoms with van der Waals surface area (Å²) in [5.41, 5.74) is 0. The van der Waals surface area contributed by atoms with Gasteiger partial charge in [-0.05, 0) is 30.9 Å². The zero-order valence-electron chi connectivity index (χ0n) is 10.6. The quantitative estimate of drug-likeness (QED) is 0.788. The fourth-order valence-electron chi connectivity index (χ4n) is 1.83. The van der Waals surface area contributed by atoms with Crippen molar-refractivity contribution < 1.29 is 9.53 Å². The Balaban J connectivity index is 1.90. The summed E-state index contributed by atoms with van der Waals surface area (Å²) >= 11 is 6.99. The Labute approximate surface area is 120 Å². The first-order chi connectivity index (χ1) is 9.19. The molecule has 0 aliphatic carbocycles. The maximum Gasteiger partial charge on any atom is 0.321 e. The molecule has 2 rings (SSSR count). The number of hydrogen-bond acceptors (Lipinski definition) is 6. The Hall–Kier alpha value is -1.08. The minimum absolute atomic E-state index is 0.0692. The number of piperidine rings is 1. The SMILES string of the molecule is COc1nc(Cl)nc(SCC(=O)N2CCCCC2)n1. The van der Waals surface area contributed by atoms with Crippen LogP contribution in [0.3, 0.4) is 0 Å². The Morgan fingerprint density at radius 3 is 2.74 bits per heavy atom. The van der Waals surface area contributed by atoms with E-state index in [0.29, 0.717) is 10.9 Å². The van der Waals surface area contributed by atoms with Gasteiger partial charge in [0.1, 0.15) is 0 Å². The van der Waals surface area contributed by atoms with E-state index >= 15 is 0 Å². The molecular formula is C11H15ClN4O2S. The molecule has 1 aromatic rings. The molecule has 8 heteroatoms. The lowest BCUT2D eigenvalue weighted by Crippen LogP contribution is -2.36. The molecule has 0 radical (unpaired) electrons. The van der Waals surface area contributed by atoms with Crippen LogP contribution in [0.15, 0.2) is 5.16 Å². The van der Waals surface area contributed by atoms with E-state index in [0.717, 1.165) is 25.9 Å². The number of ether oxygens (including phenoxy) is 1. The van der Waals surface area contributed by atoms with Crippen molar-refractivity contribution in [3.63, 3.8) is 0 Å². The fraction of sp³-hybridized carbons (Fsp3) is 0.636. The second kappa shape index (κ2) is 6.91. The van der Waals surface area contributed by atoms with Crippen molar-refractivity contribution in [1.29, 1.82) is 0 Å². The van der Waals surface area contributed by atoms with Crippen molar-refractivity contribution in [3.05, 3.63) is 5.28 Å².